The molecule has 0 radical (unpaired) electrons. The number of thioether (sulfide) groups is 1. The molecule has 0 spiro atoms. The first-order valence-corrected chi connectivity index (χ1v) is 6.39. The zero-order valence-electron chi connectivity index (χ0n) is 9.43. The van der Waals surface area contributed by atoms with Crippen LogP contribution in [0.5, 0.6) is 0 Å². The number of hydrogen-bond acceptors (Lipinski definition) is 5. The fourth-order valence-electron chi connectivity index (χ4n) is 1.74. The normalized spacial score (nSPS) is 38.0. The SMILES string of the molecule is CC1OC(Sc2ccccc2)C(O)C(O)C1O. The van der Waals surface area contributed by atoms with Gasteiger partial charge in [-0.1, -0.05) is 30.0 Å². The highest BCUT2D eigenvalue weighted by molar-refractivity contribution is 7.99. The lowest BCUT2D eigenvalue weighted by atomic mass is 10.0. The standard InChI is InChI=1S/C12H16O4S/c1-7-9(13)10(14)11(15)12(16-7)17-8-5-3-2-4-6-8/h2-7,9-15H,1H3. The number of ether oxygens (including phenoxy) is 1. The Hall–Kier alpha value is -0.590. The van der Waals surface area contributed by atoms with Gasteiger partial charge in [0, 0.05) is 4.90 Å². The summed E-state index contributed by atoms with van der Waals surface area (Å²) in [5, 5.41) is 29.1. The third-order valence-electron chi connectivity index (χ3n) is 2.80. The molecule has 1 aromatic carbocycles. The van der Waals surface area contributed by atoms with Crippen molar-refractivity contribution in [2.75, 3.05) is 0 Å². The highest BCUT2D eigenvalue weighted by Crippen LogP contribution is 2.32. The smallest absolute Gasteiger partial charge is 0.136 e. The Bertz CT molecular complexity index is 359. The van der Waals surface area contributed by atoms with Crippen molar-refractivity contribution < 1.29 is 20.1 Å². The van der Waals surface area contributed by atoms with E-state index in [9.17, 15) is 15.3 Å². The van der Waals surface area contributed by atoms with E-state index in [1.807, 2.05) is 30.3 Å². The Morgan fingerprint density at radius 1 is 1.00 bits per heavy atom. The monoisotopic (exact) mass is 256 g/mol. The molecule has 94 valence electrons. The van der Waals surface area contributed by atoms with Crippen molar-refractivity contribution in [2.45, 2.75) is 41.7 Å². The van der Waals surface area contributed by atoms with Gasteiger partial charge in [-0.2, -0.15) is 0 Å². The molecular formula is C12H16O4S. The molecule has 3 N–H and O–H groups in total. The van der Waals surface area contributed by atoms with Crippen LogP contribution in [0.4, 0.5) is 0 Å². The fraction of sp³-hybridized carbons (Fsp3) is 0.500. The van der Waals surface area contributed by atoms with Crippen LogP contribution >= 0.6 is 11.8 Å². The van der Waals surface area contributed by atoms with Crippen LogP contribution < -0.4 is 0 Å². The Morgan fingerprint density at radius 2 is 1.65 bits per heavy atom. The third kappa shape index (κ3) is 2.81. The Kier molecular flexibility index (Phi) is 4.06. The molecule has 0 aromatic heterocycles. The molecule has 4 nitrogen and oxygen atoms in total. The first-order chi connectivity index (χ1) is 8.09. The van der Waals surface area contributed by atoms with Crippen molar-refractivity contribution in [2.24, 2.45) is 0 Å². The maximum absolute atomic E-state index is 9.83. The molecule has 1 aromatic rings. The van der Waals surface area contributed by atoms with Gasteiger partial charge in [0.2, 0.25) is 0 Å². The van der Waals surface area contributed by atoms with Crippen LogP contribution in [0.15, 0.2) is 35.2 Å². The van der Waals surface area contributed by atoms with E-state index >= 15 is 0 Å². The van der Waals surface area contributed by atoms with Crippen molar-refractivity contribution in [1.29, 1.82) is 0 Å². The zero-order chi connectivity index (χ0) is 12.4. The maximum atomic E-state index is 9.83. The van der Waals surface area contributed by atoms with E-state index in [-0.39, 0.29) is 0 Å². The van der Waals surface area contributed by atoms with E-state index in [2.05, 4.69) is 0 Å². The van der Waals surface area contributed by atoms with Crippen LogP contribution in [0.1, 0.15) is 6.92 Å². The quantitative estimate of drug-likeness (QED) is 0.723. The number of aliphatic hydroxyl groups is 3. The van der Waals surface area contributed by atoms with E-state index in [1.54, 1.807) is 6.92 Å². The highest BCUT2D eigenvalue weighted by Gasteiger charge is 2.42. The number of hydrogen-bond donors (Lipinski definition) is 3. The third-order valence-corrected chi connectivity index (χ3v) is 3.97. The molecule has 1 aliphatic heterocycles. The summed E-state index contributed by atoms with van der Waals surface area (Å²) in [6.45, 7) is 1.68. The van der Waals surface area contributed by atoms with Crippen molar-refractivity contribution in [3.05, 3.63) is 30.3 Å². The van der Waals surface area contributed by atoms with E-state index in [4.69, 9.17) is 4.74 Å². The summed E-state index contributed by atoms with van der Waals surface area (Å²) in [6.07, 6.45) is -3.79. The first-order valence-electron chi connectivity index (χ1n) is 5.51. The largest absolute Gasteiger partial charge is 0.388 e. The van der Waals surface area contributed by atoms with Crippen LogP contribution in [0.25, 0.3) is 0 Å². The lowest BCUT2D eigenvalue weighted by Gasteiger charge is -2.38. The molecule has 0 bridgehead atoms. The van der Waals surface area contributed by atoms with E-state index < -0.39 is 29.9 Å². The van der Waals surface area contributed by atoms with Crippen LogP contribution in [0.2, 0.25) is 0 Å². The molecule has 0 amide bonds. The van der Waals surface area contributed by atoms with Crippen molar-refractivity contribution in [3.63, 3.8) is 0 Å². The summed E-state index contributed by atoms with van der Waals surface area (Å²) >= 11 is 1.34. The summed E-state index contributed by atoms with van der Waals surface area (Å²) in [5.74, 6) is 0. The van der Waals surface area contributed by atoms with Crippen molar-refractivity contribution in [3.8, 4) is 0 Å². The minimum Gasteiger partial charge on any atom is -0.388 e. The highest BCUT2D eigenvalue weighted by atomic mass is 32.2. The molecule has 1 aliphatic rings. The van der Waals surface area contributed by atoms with E-state index in [1.165, 1.54) is 11.8 Å². The van der Waals surface area contributed by atoms with Crippen LogP contribution in [0.3, 0.4) is 0 Å². The van der Waals surface area contributed by atoms with Crippen molar-refractivity contribution in [1.82, 2.24) is 0 Å². The lowest BCUT2D eigenvalue weighted by Crippen LogP contribution is -2.55. The van der Waals surface area contributed by atoms with Gasteiger partial charge in [0.05, 0.1) is 6.10 Å². The summed E-state index contributed by atoms with van der Waals surface area (Å²) in [6, 6.07) is 9.51. The summed E-state index contributed by atoms with van der Waals surface area (Å²) in [5.41, 5.74) is -0.564. The molecule has 1 heterocycles. The first kappa shape index (κ1) is 12.9. The Labute approximate surface area is 104 Å². The van der Waals surface area contributed by atoms with Gasteiger partial charge in [-0.15, -0.1) is 0 Å². The minimum atomic E-state index is -1.17. The Balaban J connectivity index is 2.06. The van der Waals surface area contributed by atoms with Gasteiger partial charge in [-0.25, -0.2) is 0 Å². The van der Waals surface area contributed by atoms with Gasteiger partial charge < -0.3 is 20.1 Å². The van der Waals surface area contributed by atoms with Crippen LogP contribution in [-0.2, 0) is 4.74 Å². The van der Waals surface area contributed by atoms with Crippen LogP contribution in [-0.4, -0.2) is 45.2 Å². The molecule has 5 atom stereocenters. The van der Waals surface area contributed by atoms with Crippen LogP contribution in [0, 0.1) is 0 Å². The second-order valence-corrected chi connectivity index (χ2v) is 5.28. The van der Waals surface area contributed by atoms with Gasteiger partial charge in [0.15, 0.2) is 0 Å². The molecular weight excluding hydrogens is 240 g/mol. The molecule has 2 rings (SSSR count). The van der Waals surface area contributed by atoms with Gasteiger partial charge in [0.1, 0.15) is 23.7 Å². The Morgan fingerprint density at radius 3 is 2.29 bits per heavy atom. The number of rotatable bonds is 2. The molecule has 0 saturated carbocycles. The molecule has 17 heavy (non-hydrogen) atoms. The summed E-state index contributed by atoms with van der Waals surface area (Å²) in [7, 11) is 0. The molecule has 0 aliphatic carbocycles. The minimum absolute atomic E-state index is 0.491. The zero-order valence-corrected chi connectivity index (χ0v) is 10.2. The van der Waals surface area contributed by atoms with Gasteiger partial charge in [-0.05, 0) is 19.1 Å². The molecule has 5 heteroatoms. The number of benzene rings is 1. The predicted octanol–water partition coefficient (Wildman–Crippen LogP) is 0.606. The molecule has 1 saturated heterocycles. The summed E-state index contributed by atoms with van der Waals surface area (Å²) < 4.78 is 5.49. The fourth-order valence-corrected chi connectivity index (χ4v) is 2.86. The predicted molar refractivity (Wildman–Crippen MR) is 64.7 cm³/mol. The van der Waals surface area contributed by atoms with E-state index in [0.29, 0.717) is 0 Å². The van der Waals surface area contributed by atoms with Gasteiger partial charge in [-0.3, -0.25) is 0 Å². The van der Waals surface area contributed by atoms with Gasteiger partial charge in [0.25, 0.3) is 0 Å². The van der Waals surface area contributed by atoms with Gasteiger partial charge >= 0.3 is 0 Å². The van der Waals surface area contributed by atoms with Crippen molar-refractivity contribution >= 4 is 11.8 Å². The molecule has 1 fully saturated rings. The molecule has 5 unspecified atom stereocenters. The number of aliphatic hydroxyl groups excluding tert-OH is 3. The van der Waals surface area contributed by atoms with E-state index in [0.717, 1.165) is 4.90 Å². The lowest BCUT2D eigenvalue weighted by molar-refractivity contribution is -0.192. The maximum Gasteiger partial charge on any atom is 0.136 e. The topological polar surface area (TPSA) is 69.9 Å². The average molecular weight is 256 g/mol. The average Bonchev–Trinajstić information content (AvgIpc) is 2.35. The summed E-state index contributed by atoms with van der Waals surface area (Å²) in [4.78, 5) is 0.951. The second-order valence-electron chi connectivity index (χ2n) is 4.11. The second kappa shape index (κ2) is 5.37.